The van der Waals surface area contributed by atoms with E-state index in [1.165, 1.54) is 32.3 Å². The van der Waals surface area contributed by atoms with Gasteiger partial charge in [0, 0.05) is 42.6 Å². The van der Waals surface area contributed by atoms with Gasteiger partial charge in [-0.1, -0.05) is 24.3 Å². The normalized spacial score (nSPS) is 17.4. The summed E-state index contributed by atoms with van der Waals surface area (Å²) in [6.45, 7) is 4.44. The highest BCUT2D eigenvalue weighted by Gasteiger charge is 2.30. The Kier molecular flexibility index (Phi) is 7.43. The van der Waals surface area contributed by atoms with Crippen molar-refractivity contribution in [3.8, 4) is 17.0 Å². The second-order valence-electron chi connectivity index (χ2n) is 12.1. The van der Waals surface area contributed by atoms with Crippen LogP contribution in [0.4, 0.5) is 11.5 Å². The first-order valence-corrected chi connectivity index (χ1v) is 15.4. The number of hydrogen-bond acceptors (Lipinski definition) is 8. The Morgan fingerprint density at radius 1 is 0.955 bits per heavy atom. The maximum Gasteiger partial charge on any atom is 0.272 e. The van der Waals surface area contributed by atoms with E-state index in [0.717, 1.165) is 53.4 Å². The topological polar surface area (TPSA) is 119 Å². The molecule has 2 fully saturated rings. The standard InChI is InChI=1S/C33H39N9O2/c1-39-14-10-23(11-15-39)41-16-12-24(13-17-41)42-32-29(31(34)35-20-36-32)30(38-42)22-8-9-25(28(19-22)44-3)37-33(43)27-18-21-6-4-5-7-26(21)40(27)2/h4-9,18-20,23-24H,10-17H2,1-3H3,(H,37,43)(H2,34,35,36). The van der Waals surface area contributed by atoms with Gasteiger partial charge in [-0.05, 0) is 70.1 Å². The number of anilines is 2. The van der Waals surface area contributed by atoms with Gasteiger partial charge in [-0.3, -0.25) is 4.79 Å². The van der Waals surface area contributed by atoms with Crippen molar-refractivity contribution in [2.75, 3.05) is 51.4 Å². The summed E-state index contributed by atoms with van der Waals surface area (Å²) in [4.78, 5) is 27.3. The van der Waals surface area contributed by atoms with Crippen LogP contribution >= 0.6 is 0 Å². The lowest BCUT2D eigenvalue weighted by Crippen LogP contribution is -2.47. The third-order valence-corrected chi connectivity index (χ3v) is 9.48. The first-order chi connectivity index (χ1) is 21.4. The van der Waals surface area contributed by atoms with E-state index in [0.29, 0.717) is 34.7 Å². The van der Waals surface area contributed by atoms with Crippen LogP contribution in [-0.2, 0) is 7.05 Å². The average molecular weight is 594 g/mol. The number of hydrogen-bond donors (Lipinski definition) is 2. The number of nitrogens with one attached hydrogen (secondary N) is 1. The lowest BCUT2D eigenvalue weighted by Gasteiger charge is -2.41. The molecule has 0 saturated carbocycles. The fourth-order valence-corrected chi connectivity index (χ4v) is 6.94. The Bertz CT molecular complexity index is 1830. The van der Waals surface area contributed by atoms with Crippen LogP contribution in [-0.4, -0.2) is 86.4 Å². The molecule has 1 amide bonds. The predicted octanol–water partition coefficient (Wildman–Crippen LogP) is 4.56. The highest BCUT2D eigenvalue weighted by atomic mass is 16.5. The molecule has 2 aliphatic rings. The van der Waals surface area contributed by atoms with Crippen molar-refractivity contribution in [2.24, 2.45) is 7.05 Å². The van der Waals surface area contributed by atoms with Gasteiger partial charge in [-0.15, -0.1) is 0 Å². The molecular formula is C33H39N9O2. The number of aromatic nitrogens is 5. The zero-order valence-corrected chi connectivity index (χ0v) is 25.5. The van der Waals surface area contributed by atoms with E-state index < -0.39 is 0 Å². The van der Waals surface area contributed by atoms with E-state index >= 15 is 0 Å². The van der Waals surface area contributed by atoms with E-state index in [9.17, 15) is 4.79 Å². The Hall–Kier alpha value is -4.48. The summed E-state index contributed by atoms with van der Waals surface area (Å²) >= 11 is 0. The number of piperidine rings is 2. The molecule has 0 unspecified atom stereocenters. The van der Waals surface area contributed by atoms with Crippen LogP contribution in [0, 0.1) is 0 Å². The van der Waals surface area contributed by atoms with Gasteiger partial charge < -0.3 is 30.2 Å². The number of rotatable bonds is 6. The number of nitrogen functional groups attached to an aromatic ring is 1. The molecule has 7 rings (SSSR count). The Balaban J connectivity index is 1.15. The maximum atomic E-state index is 13.3. The van der Waals surface area contributed by atoms with Crippen molar-refractivity contribution in [3.63, 3.8) is 0 Å². The summed E-state index contributed by atoms with van der Waals surface area (Å²) in [5.74, 6) is 0.708. The molecule has 11 nitrogen and oxygen atoms in total. The summed E-state index contributed by atoms with van der Waals surface area (Å²) < 4.78 is 9.69. The monoisotopic (exact) mass is 593 g/mol. The number of para-hydroxylation sites is 1. The van der Waals surface area contributed by atoms with E-state index in [2.05, 4.69) is 36.8 Å². The SMILES string of the molecule is COc1cc(-c2nn(C3CCN(C4CCN(C)CC4)CC3)c3ncnc(N)c23)ccc1NC(=O)c1cc2ccccc2n1C. The first-order valence-electron chi connectivity index (χ1n) is 15.4. The van der Waals surface area contributed by atoms with Crippen molar-refractivity contribution < 1.29 is 9.53 Å². The van der Waals surface area contributed by atoms with Gasteiger partial charge in [0.1, 0.15) is 29.3 Å². The molecule has 2 aromatic carbocycles. The van der Waals surface area contributed by atoms with Gasteiger partial charge in [-0.2, -0.15) is 5.10 Å². The number of nitrogens with zero attached hydrogens (tertiary/aromatic N) is 7. The van der Waals surface area contributed by atoms with Crippen molar-refractivity contribution in [1.82, 2.24) is 34.1 Å². The molecule has 2 saturated heterocycles. The van der Waals surface area contributed by atoms with Gasteiger partial charge >= 0.3 is 0 Å². The zero-order valence-electron chi connectivity index (χ0n) is 25.5. The van der Waals surface area contributed by atoms with Crippen molar-refractivity contribution in [3.05, 3.63) is 60.6 Å². The predicted molar refractivity (Wildman–Crippen MR) is 173 cm³/mol. The van der Waals surface area contributed by atoms with E-state index in [1.807, 2.05) is 60.1 Å². The van der Waals surface area contributed by atoms with Crippen molar-refractivity contribution in [2.45, 2.75) is 37.8 Å². The lowest BCUT2D eigenvalue weighted by molar-refractivity contribution is 0.0859. The summed E-state index contributed by atoms with van der Waals surface area (Å²) in [6.07, 6.45) is 6.00. The molecule has 0 atom stereocenters. The van der Waals surface area contributed by atoms with Gasteiger partial charge in [0.05, 0.1) is 24.2 Å². The average Bonchev–Trinajstić information content (AvgIpc) is 3.61. The minimum Gasteiger partial charge on any atom is -0.495 e. The molecule has 3 N–H and O–H groups in total. The second kappa shape index (κ2) is 11.5. The van der Waals surface area contributed by atoms with Crippen LogP contribution in [0.3, 0.4) is 0 Å². The molecule has 2 aliphatic heterocycles. The highest BCUT2D eigenvalue weighted by molar-refractivity contribution is 6.07. The minimum atomic E-state index is -0.214. The number of fused-ring (bicyclic) bond motifs is 2. The highest BCUT2D eigenvalue weighted by Crippen LogP contribution is 2.38. The number of benzene rings is 2. The molecule has 0 spiro atoms. The maximum absolute atomic E-state index is 13.3. The Labute approximate surface area is 256 Å². The van der Waals surface area contributed by atoms with Gasteiger partial charge in [0.25, 0.3) is 5.91 Å². The lowest BCUT2D eigenvalue weighted by atomic mass is 9.98. The third kappa shape index (κ3) is 5.05. The largest absolute Gasteiger partial charge is 0.495 e. The molecule has 44 heavy (non-hydrogen) atoms. The molecule has 3 aromatic heterocycles. The molecule has 11 heteroatoms. The summed E-state index contributed by atoms with van der Waals surface area (Å²) in [6, 6.07) is 16.4. The molecular weight excluding hydrogens is 554 g/mol. The molecule has 0 bridgehead atoms. The molecule has 228 valence electrons. The molecule has 5 heterocycles. The number of nitrogens with two attached hydrogens (primary N) is 1. The number of ether oxygens (including phenoxy) is 1. The summed E-state index contributed by atoms with van der Waals surface area (Å²) in [5.41, 5.74) is 10.8. The van der Waals surface area contributed by atoms with E-state index in [1.54, 1.807) is 7.11 Å². The van der Waals surface area contributed by atoms with Gasteiger partial charge in [0.15, 0.2) is 5.65 Å². The fourth-order valence-electron chi connectivity index (χ4n) is 6.94. The summed E-state index contributed by atoms with van der Waals surface area (Å²) in [5, 5.41) is 9.88. The minimum absolute atomic E-state index is 0.214. The summed E-state index contributed by atoms with van der Waals surface area (Å²) in [7, 11) is 5.70. The number of amides is 1. The quantitative estimate of drug-likeness (QED) is 0.294. The zero-order chi connectivity index (χ0) is 30.4. The number of aryl methyl sites for hydroxylation is 1. The van der Waals surface area contributed by atoms with Crippen LogP contribution < -0.4 is 15.8 Å². The smallest absolute Gasteiger partial charge is 0.272 e. The number of carbonyl (C=O) groups excluding carboxylic acids is 1. The second-order valence-corrected chi connectivity index (χ2v) is 12.1. The van der Waals surface area contributed by atoms with Gasteiger partial charge in [0.2, 0.25) is 0 Å². The van der Waals surface area contributed by atoms with Crippen LogP contribution in [0.25, 0.3) is 33.2 Å². The third-order valence-electron chi connectivity index (χ3n) is 9.48. The van der Waals surface area contributed by atoms with E-state index in [-0.39, 0.29) is 11.9 Å². The number of methoxy groups -OCH3 is 1. The van der Waals surface area contributed by atoms with Crippen LogP contribution in [0.2, 0.25) is 0 Å². The van der Waals surface area contributed by atoms with Crippen molar-refractivity contribution in [1.29, 1.82) is 0 Å². The molecule has 0 radical (unpaired) electrons. The van der Waals surface area contributed by atoms with Crippen LogP contribution in [0.5, 0.6) is 5.75 Å². The number of carbonyl (C=O) groups is 1. The fraction of sp³-hybridized carbons (Fsp3) is 0.394. The molecule has 0 aliphatic carbocycles. The first kappa shape index (κ1) is 28.3. The number of likely N-dealkylation sites (tertiary alicyclic amines) is 2. The van der Waals surface area contributed by atoms with Crippen LogP contribution in [0.15, 0.2) is 54.9 Å². The molecule has 5 aromatic rings. The van der Waals surface area contributed by atoms with E-state index in [4.69, 9.17) is 15.6 Å². The Morgan fingerprint density at radius 2 is 1.70 bits per heavy atom. The van der Waals surface area contributed by atoms with Crippen molar-refractivity contribution >= 4 is 39.3 Å². The van der Waals surface area contributed by atoms with Gasteiger partial charge in [-0.25, -0.2) is 14.6 Å². The Morgan fingerprint density at radius 3 is 2.45 bits per heavy atom. The van der Waals surface area contributed by atoms with Crippen LogP contribution in [0.1, 0.15) is 42.2 Å².